The summed E-state index contributed by atoms with van der Waals surface area (Å²) >= 11 is 1.75. The van der Waals surface area contributed by atoms with E-state index in [0.717, 1.165) is 19.4 Å². The van der Waals surface area contributed by atoms with Gasteiger partial charge in [-0.3, -0.25) is 0 Å². The van der Waals surface area contributed by atoms with Gasteiger partial charge in [-0.2, -0.15) is 0 Å². The van der Waals surface area contributed by atoms with Crippen molar-refractivity contribution < 1.29 is 0 Å². The van der Waals surface area contributed by atoms with Crippen molar-refractivity contribution in [3.63, 3.8) is 0 Å². The summed E-state index contributed by atoms with van der Waals surface area (Å²) in [7, 11) is 0. The highest BCUT2D eigenvalue weighted by Crippen LogP contribution is 2.28. The summed E-state index contributed by atoms with van der Waals surface area (Å²) in [5.41, 5.74) is 1.40. The average molecular weight is 274 g/mol. The molecule has 0 saturated heterocycles. The fourth-order valence-corrected chi connectivity index (χ4v) is 2.99. The summed E-state index contributed by atoms with van der Waals surface area (Å²) in [6, 6.07) is 11.1. The van der Waals surface area contributed by atoms with Gasteiger partial charge in [0.15, 0.2) is 0 Å². The van der Waals surface area contributed by atoms with Crippen molar-refractivity contribution in [2.24, 2.45) is 0 Å². The molecule has 0 fully saturated rings. The Balaban J connectivity index is 2.03. The first-order valence-corrected chi connectivity index (χ1v) is 7.87. The van der Waals surface area contributed by atoms with Crippen molar-refractivity contribution in [1.29, 1.82) is 0 Å². The largest absolute Gasteiger partial charge is 0.308 e. The maximum absolute atomic E-state index is 4.47. The maximum Gasteiger partial charge on any atom is 0.109 e. The van der Waals surface area contributed by atoms with E-state index in [-0.39, 0.29) is 0 Å². The van der Waals surface area contributed by atoms with Crippen LogP contribution in [0.5, 0.6) is 0 Å². The molecular weight excluding hydrogens is 252 g/mol. The highest BCUT2D eigenvalue weighted by Gasteiger charge is 2.17. The van der Waals surface area contributed by atoms with Crippen molar-refractivity contribution in [3.8, 4) is 0 Å². The van der Waals surface area contributed by atoms with E-state index in [0.29, 0.717) is 12.0 Å². The van der Waals surface area contributed by atoms with Crippen LogP contribution in [0.15, 0.2) is 41.9 Å². The molecule has 102 valence electrons. The molecule has 1 N–H and O–H groups in total. The predicted molar refractivity (Wildman–Crippen MR) is 82.6 cm³/mol. The predicted octanol–water partition coefficient (Wildman–Crippen LogP) is 4.38. The van der Waals surface area contributed by atoms with Crippen LogP contribution in [0, 0.1) is 0 Å². The first-order chi connectivity index (χ1) is 9.31. The first kappa shape index (κ1) is 14.2. The van der Waals surface area contributed by atoms with E-state index in [1.54, 1.807) is 11.3 Å². The Hall–Kier alpha value is -1.19. The molecule has 0 spiro atoms. The molecule has 0 bridgehead atoms. The molecule has 1 heterocycles. The second-order valence-electron chi connectivity index (χ2n) is 4.92. The van der Waals surface area contributed by atoms with E-state index in [4.69, 9.17) is 0 Å². The number of nitrogens with one attached hydrogen (secondary N) is 1. The molecule has 2 aromatic rings. The Bertz CT molecular complexity index is 453. The SMILES string of the molecule is CCCNC(CC(C)c1ccccc1)c1nccs1. The Morgan fingerprint density at radius 2 is 2.05 bits per heavy atom. The highest BCUT2D eigenvalue weighted by molar-refractivity contribution is 7.09. The Kier molecular flexibility index (Phi) is 5.55. The lowest BCUT2D eigenvalue weighted by Crippen LogP contribution is -2.23. The zero-order chi connectivity index (χ0) is 13.5. The van der Waals surface area contributed by atoms with Crippen molar-refractivity contribution in [2.45, 2.75) is 38.6 Å². The van der Waals surface area contributed by atoms with Gasteiger partial charge in [0.05, 0.1) is 6.04 Å². The van der Waals surface area contributed by atoms with Gasteiger partial charge in [0.25, 0.3) is 0 Å². The third-order valence-corrected chi connectivity index (χ3v) is 4.24. The number of thiazole rings is 1. The topological polar surface area (TPSA) is 24.9 Å². The van der Waals surface area contributed by atoms with Gasteiger partial charge in [0, 0.05) is 11.6 Å². The summed E-state index contributed by atoms with van der Waals surface area (Å²) in [4.78, 5) is 4.47. The third-order valence-electron chi connectivity index (χ3n) is 3.35. The number of hydrogen-bond donors (Lipinski definition) is 1. The number of rotatable bonds is 7. The minimum Gasteiger partial charge on any atom is -0.308 e. The average Bonchev–Trinajstić information content (AvgIpc) is 2.98. The van der Waals surface area contributed by atoms with Crippen LogP contribution < -0.4 is 5.32 Å². The molecule has 19 heavy (non-hydrogen) atoms. The van der Waals surface area contributed by atoms with E-state index in [1.165, 1.54) is 10.6 Å². The number of benzene rings is 1. The standard InChI is InChI=1S/C16H22N2S/c1-3-9-17-15(16-18-10-11-19-16)12-13(2)14-7-5-4-6-8-14/h4-8,10-11,13,15,17H,3,9,12H2,1-2H3. The van der Waals surface area contributed by atoms with Gasteiger partial charge in [-0.15, -0.1) is 11.3 Å². The van der Waals surface area contributed by atoms with Crippen LogP contribution >= 0.6 is 11.3 Å². The van der Waals surface area contributed by atoms with E-state index >= 15 is 0 Å². The van der Waals surface area contributed by atoms with Crippen LogP contribution in [0.1, 0.15) is 49.2 Å². The van der Waals surface area contributed by atoms with Gasteiger partial charge in [-0.25, -0.2) is 4.98 Å². The minimum atomic E-state index is 0.371. The molecule has 2 rings (SSSR count). The minimum absolute atomic E-state index is 0.371. The molecule has 1 aromatic carbocycles. The smallest absolute Gasteiger partial charge is 0.109 e. The van der Waals surface area contributed by atoms with Crippen molar-refractivity contribution in [1.82, 2.24) is 10.3 Å². The molecule has 0 aliphatic rings. The third kappa shape index (κ3) is 4.15. The second kappa shape index (κ2) is 7.41. The Morgan fingerprint density at radius 3 is 2.68 bits per heavy atom. The van der Waals surface area contributed by atoms with Crippen LogP contribution in [0.4, 0.5) is 0 Å². The normalized spacial score (nSPS) is 14.2. The molecule has 2 nitrogen and oxygen atoms in total. The van der Waals surface area contributed by atoms with Crippen molar-refractivity contribution in [3.05, 3.63) is 52.5 Å². The fraction of sp³-hybridized carbons (Fsp3) is 0.438. The van der Waals surface area contributed by atoms with Gasteiger partial charge in [-0.05, 0) is 30.9 Å². The van der Waals surface area contributed by atoms with Crippen LogP contribution in [-0.4, -0.2) is 11.5 Å². The molecule has 0 amide bonds. The van der Waals surface area contributed by atoms with E-state index in [2.05, 4.69) is 59.9 Å². The molecule has 2 atom stereocenters. The first-order valence-electron chi connectivity index (χ1n) is 6.99. The zero-order valence-corrected chi connectivity index (χ0v) is 12.5. The summed E-state index contributed by atoms with van der Waals surface area (Å²) in [5, 5.41) is 6.88. The van der Waals surface area contributed by atoms with Gasteiger partial charge in [0.1, 0.15) is 5.01 Å². The van der Waals surface area contributed by atoms with Crippen molar-refractivity contribution in [2.75, 3.05) is 6.54 Å². The monoisotopic (exact) mass is 274 g/mol. The molecule has 0 aliphatic heterocycles. The van der Waals surface area contributed by atoms with E-state index in [9.17, 15) is 0 Å². The maximum atomic E-state index is 4.47. The lowest BCUT2D eigenvalue weighted by atomic mass is 9.94. The van der Waals surface area contributed by atoms with Gasteiger partial charge in [0.2, 0.25) is 0 Å². The molecule has 2 unspecified atom stereocenters. The summed E-state index contributed by atoms with van der Waals surface area (Å²) in [5.74, 6) is 0.541. The highest BCUT2D eigenvalue weighted by atomic mass is 32.1. The second-order valence-corrected chi connectivity index (χ2v) is 5.85. The molecule has 0 saturated carbocycles. The van der Waals surface area contributed by atoms with E-state index in [1.807, 2.05) is 6.20 Å². The van der Waals surface area contributed by atoms with Crippen LogP contribution in [0.25, 0.3) is 0 Å². The van der Waals surface area contributed by atoms with E-state index < -0.39 is 0 Å². The summed E-state index contributed by atoms with van der Waals surface area (Å²) in [6.07, 6.45) is 4.15. The molecule has 0 radical (unpaired) electrons. The van der Waals surface area contributed by atoms with Crippen LogP contribution in [0.3, 0.4) is 0 Å². The molecule has 1 aromatic heterocycles. The number of nitrogens with zero attached hydrogens (tertiary/aromatic N) is 1. The zero-order valence-electron chi connectivity index (χ0n) is 11.7. The van der Waals surface area contributed by atoms with Gasteiger partial charge < -0.3 is 5.32 Å². The number of hydrogen-bond acceptors (Lipinski definition) is 3. The lowest BCUT2D eigenvalue weighted by Gasteiger charge is -2.20. The molecule has 3 heteroatoms. The Morgan fingerprint density at radius 1 is 1.26 bits per heavy atom. The molecule has 0 aliphatic carbocycles. The summed E-state index contributed by atoms with van der Waals surface area (Å²) < 4.78 is 0. The van der Waals surface area contributed by atoms with Gasteiger partial charge >= 0.3 is 0 Å². The van der Waals surface area contributed by atoms with Crippen molar-refractivity contribution >= 4 is 11.3 Å². The number of aromatic nitrogens is 1. The molecular formula is C16H22N2S. The fourth-order valence-electron chi connectivity index (χ4n) is 2.27. The Labute approximate surface area is 119 Å². The van der Waals surface area contributed by atoms with Crippen LogP contribution in [-0.2, 0) is 0 Å². The van der Waals surface area contributed by atoms with Crippen LogP contribution in [0.2, 0.25) is 0 Å². The van der Waals surface area contributed by atoms with Gasteiger partial charge in [-0.1, -0.05) is 44.2 Å². The lowest BCUT2D eigenvalue weighted by molar-refractivity contribution is 0.464. The summed E-state index contributed by atoms with van der Waals surface area (Å²) in [6.45, 7) is 5.54. The quantitative estimate of drug-likeness (QED) is 0.810.